The molecule has 0 aliphatic carbocycles. The third kappa shape index (κ3) is 3.17. The van der Waals surface area contributed by atoms with Gasteiger partial charge in [-0.2, -0.15) is 0 Å². The highest BCUT2D eigenvalue weighted by molar-refractivity contribution is 7.15. The highest BCUT2D eigenvalue weighted by Crippen LogP contribution is 2.31. The minimum Gasteiger partial charge on any atom is -0.331 e. The molecular formula is C17H11FN4S2. The molecule has 3 aromatic heterocycles. The molecular weight excluding hydrogens is 343 g/mol. The van der Waals surface area contributed by atoms with Gasteiger partial charge in [0.05, 0.1) is 5.69 Å². The monoisotopic (exact) mass is 354 g/mol. The van der Waals surface area contributed by atoms with Gasteiger partial charge in [0.1, 0.15) is 22.2 Å². The SMILES string of the molecule is Fc1cccc(Nc2nc(-c3nc(-c4ccccn4)cs3)cs2)c1. The molecule has 0 fully saturated rings. The summed E-state index contributed by atoms with van der Waals surface area (Å²) in [4.78, 5) is 13.4. The second-order valence-electron chi connectivity index (χ2n) is 4.93. The van der Waals surface area contributed by atoms with Crippen LogP contribution in [-0.4, -0.2) is 15.0 Å². The Balaban J connectivity index is 1.56. The van der Waals surface area contributed by atoms with E-state index in [1.807, 2.05) is 29.0 Å². The molecule has 0 aliphatic rings. The van der Waals surface area contributed by atoms with Crippen molar-refractivity contribution in [3.8, 4) is 22.1 Å². The van der Waals surface area contributed by atoms with Crippen molar-refractivity contribution in [3.63, 3.8) is 0 Å². The number of benzene rings is 1. The summed E-state index contributed by atoms with van der Waals surface area (Å²) in [6.45, 7) is 0. The van der Waals surface area contributed by atoms with Crippen molar-refractivity contribution in [2.75, 3.05) is 5.32 Å². The van der Waals surface area contributed by atoms with Gasteiger partial charge >= 0.3 is 0 Å². The summed E-state index contributed by atoms with van der Waals surface area (Å²) in [5.41, 5.74) is 3.15. The zero-order valence-corrected chi connectivity index (χ0v) is 13.9. The number of hydrogen-bond donors (Lipinski definition) is 1. The number of aromatic nitrogens is 3. The largest absolute Gasteiger partial charge is 0.331 e. The standard InChI is InChI=1S/C17H11FN4S2/c18-11-4-3-5-12(8-11)20-17-22-15(10-24-17)16-21-14(9-23-16)13-6-1-2-7-19-13/h1-10H,(H,20,22). The summed E-state index contributed by atoms with van der Waals surface area (Å²) in [6.07, 6.45) is 1.75. The number of nitrogens with one attached hydrogen (secondary N) is 1. The van der Waals surface area contributed by atoms with Crippen molar-refractivity contribution in [2.45, 2.75) is 0 Å². The number of hydrogen-bond acceptors (Lipinski definition) is 6. The van der Waals surface area contributed by atoms with Crippen molar-refractivity contribution in [2.24, 2.45) is 0 Å². The molecule has 1 N–H and O–H groups in total. The van der Waals surface area contributed by atoms with E-state index in [4.69, 9.17) is 0 Å². The van der Waals surface area contributed by atoms with Gasteiger partial charge in [-0.1, -0.05) is 12.1 Å². The minimum atomic E-state index is -0.281. The first-order chi connectivity index (χ1) is 11.8. The maximum absolute atomic E-state index is 13.2. The molecule has 4 rings (SSSR count). The van der Waals surface area contributed by atoms with Gasteiger partial charge < -0.3 is 5.32 Å². The fourth-order valence-corrected chi connectivity index (χ4v) is 3.71. The lowest BCUT2D eigenvalue weighted by Crippen LogP contribution is -1.90. The quantitative estimate of drug-likeness (QED) is 0.546. The predicted molar refractivity (Wildman–Crippen MR) is 96.1 cm³/mol. The topological polar surface area (TPSA) is 50.7 Å². The Morgan fingerprint density at radius 1 is 0.875 bits per heavy atom. The summed E-state index contributed by atoms with van der Waals surface area (Å²) in [6, 6.07) is 12.0. The van der Waals surface area contributed by atoms with Crippen LogP contribution >= 0.6 is 22.7 Å². The Morgan fingerprint density at radius 3 is 2.62 bits per heavy atom. The summed E-state index contributed by atoms with van der Waals surface area (Å²) < 4.78 is 13.2. The molecule has 1 aromatic carbocycles. The number of rotatable bonds is 4. The van der Waals surface area contributed by atoms with Crippen LogP contribution in [0.2, 0.25) is 0 Å². The van der Waals surface area contributed by atoms with E-state index in [0.717, 1.165) is 22.1 Å². The molecule has 0 saturated heterocycles. The van der Waals surface area contributed by atoms with Crippen molar-refractivity contribution in [1.29, 1.82) is 0 Å². The van der Waals surface area contributed by atoms with E-state index in [1.54, 1.807) is 18.3 Å². The van der Waals surface area contributed by atoms with Gasteiger partial charge in [0, 0.05) is 22.6 Å². The van der Waals surface area contributed by atoms with Gasteiger partial charge in [0.2, 0.25) is 0 Å². The lowest BCUT2D eigenvalue weighted by molar-refractivity contribution is 0.628. The molecule has 4 nitrogen and oxygen atoms in total. The maximum Gasteiger partial charge on any atom is 0.187 e. The van der Waals surface area contributed by atoms with Gasteiger partial charge in [0.15, 0.2) is 5.13 Å². The van der Waals surface area contributed by atoms with Gasteiger partial charge in [-0.3, -0.25) is 4.98 Å². The van der Waals surface area contributed by atoms with Crippen LogP contribution < -0.4 is 5.32 Å². The predicted octanol–water partition coefficient (Wildman–Crippen LogP) is 5.21. The van der Waals surface area contributed by atoms with E-state index >= 15 is 0 Å². The smallest absolute Gasteiger partial charge is 0.187 e. The molecule has 0 bridgehead atoms. The number of thiazole rings is 2. The first-order valence-electron chi connectivity index (χ1n) is 7.13. The molecule has 118 valence electrons. The van der Waals surface area contributed by atoms with E-state index in [1.165, 1.54) is 34.8 Å². The van der Waals surface area contributed by atoms with Crippen molar-refractivity contribution >= 4 is 33.5 Å². The molecule has 0 aliphatic heterocycles. The second kappa shape index (κ2) is 6.46. The summed E-state index contributed by atoms with van der Waals surface area (Å²) >= 11 is 2.98. The van der Waals surface area contributed by atoms with Gasteiger partial charge in [-0.15, -0.1) is 22.7 Å². The Kier molecular flexibility index (Phi) is 4.02. The molecule has 24 heavy (non-hydrogen) atoms. The summed E-state index contributed by atoms with van der Waals surface area (Å²) in [5.74, 6) is -0.281. The molecule has 0 radical (unpaired) electrons. The Hall–Kier alpha value is -2.64. The highest BCUT2D eigenvalue weighted by atomic mass is 32.1. The van der Waals surface area contributed by atoms with E-state index in [9.17, 15) is 4.39 Å². The molecule has 0 atom stereocenters. The van der Waals surface area contributed by atoms with Crippen LogP contribution in [0.4, 0.5) is 15.2 Å². The fourth-order valence-electron chi connectivity index (χ4n) is 2.14. The summed E-state index contributed by atoms with van der Waals surface area (Å²) in [5, 5.41) is 8.54. The third-order valence-electron chi connectivity index (χ3n) is 3.23. The molecule has 0 spiro atoms. The normalized spacial score (nSPS) is 10.7. The lowest BCUT2D eigenvalue weighted by Gasteiger charge is -2.01. The van der Waals surface area contributed by atoms with Crippen LogP contribution in [0.1, 0.15) is 0 Å². The Labute approximate surface area is 145 Å². The van der Waals surface area contributed by atoms with E-state index in [0.29, 0.717) is 10.8 Å². The molecule has 0 unspecified atom stereocenters. The molecule has 0 saturated carbocycles. The van der Waals surface area contributed by atoms with Crippen LogP contribution in [0.3, 0.4) is 0 Å². The van der Waals surface area contributed by atoms with Crippen molar-refractivity contribution in [1.82, 2.24) is 15.0 Å². The number of halogens is 1. The first kappa shape index (κ1) is 14.9. The average Bonchev–Trinajstić information content (AvgIpc) is 3.25. The van der Waals surface area contributed by atoms with E-state index in [-0.39, 0.29) is 5.82 Å². The Morgan fingerprint density at radius 2 is 1.79 bits per heavy atom. The van der Waals surface area contributed by atoms with Gasteiger partial charge in [-0.05, 0) is 30.3 Å². The minimum absolute atomic E-state index is 0.281. The van der Waals surface area contributed by atoms with E-state index in [2.05, 4.69) is 20.3 Å². The van der Waals surface area contributed by atoms with Crippen LogP contribution in [0.5, 0.6) is 0 Å². The van der Waals surface area contributed by atoms with E-state index < -0.39 is 0 Å². The zero-order valence-electron chi connectivity index (χ0n) is 12.3. The van der Waals surface area contributed by atoms with Gasteiger partial charge in [0.25, 0.3) is 0 Å². The number of anilines is 2. The van der Waals surface area contributed by atoms with Crippen LogP contribution in [-0.2, 0) is 0 Å². The first-order valence-corrected chi connectivity index (χ1v) is 8.89. The number of pyridine rings is 1. The van der Waals surface area contributed by atoms with Crippen LogP contribution in [0.25, 0.3) is 22.1 Å². The summed E-state index contributed by atoms with van der Waals surface area (Å²) in [7, 11) is 0. The van der Waals surface area contributed by atoms with Crippen LogP contribution in [0, 0.1) is 5.82 Å². The fraction of sp³-hybridized carbons (Fsp3) is 0. The lowest BCUT2D eigenvalue weighted by atomic mass is 10.3. The highest BCUT2D eigenvalue weighted by Gasteiger charge is 2.11. The number of nitrogens with zero attached hydrogens (tertiary/aromatic N) is 3. The second-order valence-corrected chi connectivity index (χ2v) is 6.64. The molecule has 7 heteroatoms. The molecule has 0 amide bonds. The van der Waals surface area contributed by atoms with Crippen LogP contribution in [0.15, 0.2) is 59.4 Å². The third-order valence-corrected chi connectivity index (χ3v) is 4.85. The molecule has 4 aromatic rings. The van der Waals surface area contributed by atoms with Crippen molar-refractivity contribution < 1.29 is 4.39 Å². The maximum atomic E-state index is 13.2. The van der Waals surface area contributed by atoms with Gasteiger partial charge in [-0.25, -0.2) is 14.4 Å². The average molecular weight is 354 g/mol. The molecule has 3 heterocycles. The Bertz CT molecular complexity index is 965. The zero-order chi connectivity index (χ0) is 16.4. The van der Waals surface area contributed by atoms with Crippen molar-refractivity contribution in [3.05, 3.63) is 65.2 Å².